The van der Waals surface area contributed by atoms with Crippen LogP contribution in [0.3, 0.4) is 0 Å². The van der Waals surface area contributed by atoms with E-state index in [-0.39, 0.29) is 11.9 Å². The van der Waals surface area contributed by atoms with E-state index in [2.05, 4.69) is 38.5 Å². The molecule has 2 N–H and O–H groups in total. The van der Waals surface area contributed by atoms with Crippen LogP contribution in [-0.4, -0.2) is 0 Å². The molecule has 0 amide bonds. The van der Waals surface area contributed by atoms with Gasteiger partial charge in [0, 0.05) is 19.1 Å². The molecule has 1 nitrogen and oxygen atoms in total. The fraction of sp³-hybridized carbons (Fsp3) is 0.143. The summed E-state index contributed by atoms with van der Waals surface area (Å²) in [4.78, 5) is 0. The third-order valence-electron chi connectivity index (χ3n) is 2.81. The smallest absolute Gasteiger partial charge is 0.126 e. The maximum atomic E-state index is 13.7. The Hall–Kier alpha value is -0.170. The van der Waals surface area contributed by atoms with Gasteiger partial charge in [0.15, 0.2) is 0 Å². The lowest BCUT2D eigenvalue weighted by Gasteiger charge is -2.15. The molecule has 2 aromatic rings. The first-order valence-corrected chi connectivity index (χ1v) is 7.87. The Morgan fingerprint density at radius 3 is 2.74 bits per heavy atom. The highest BCUT2D eigenvalue weighted by Gasteiger charge is 2.14. The molecule has 0 heterocycles. The van der Waals surface area contributed by atoms with Crippen LogP contribution in [-0.2, 0) is 6.42 Å². The standard InChI is InChI=1S/C14H11BrClFIN/c15-12-3-2-10(18)7-11(12)14(19)6-8-5-9(16)1-4-13(8)17/h1-5,7,14H,6,19H2. The van der Waals surface area contributed by atoms with Crippen molar-refractivity contribution in [1.29, 1.82) is 0 Å². The molecule has 0 aliphatic heterocycles. The van der Waals surface area contributed by atoms with Gasteiger partial charge in [0.05, 0.1) is 0 Å². The molecule has 0 bridgehead atoms. The number of hydrogen-bond donors (Lipinski definition) is 1. The van der Waals surface area contributed by atoms with Crippen LogP contribution in [0, 0.1) is 9.39 Å². The summed E-state index contributed by atoms with van der Waals surface area (Å²) in [6, 6.07) is 10.2. The average Bonchev–Trinajstić information content (AvgIpc) is 2.36. The molecule has 0 aromatic heterocycles. The van der Waals surface area contributed by atoms with Crippen LogP contribution < -0.4 is 5.73 Å². The number of benzene rings is 2. The fourth-order valence-electron chi connectivity index (χ4n) is 1.85. The van der Waals surface area contributed by atoms with Gasteiger partial charge >= 0.3 is 0 Å². The predicted octanol–water partition coefficient (Wildman–Crippen LogP) is 5.09. The molecule has 2 rings (SSSR count). The fourth-order valence-corrected chi connectivity index (χ4v) is 3.10. The maximum absolute atomic E-state index is 13.7. The Morgan fingerprint density at radius 1 is 1.26 bits per heavy atom. The first-order chi connectivity index (χ1) is 8.97. The zero-order valence-corrected chi connectivity index (χ0v) is 14.3. The van der Waals surface area contributed by atoms with Crippen molar-refractivity contribution in [1.82, 2.24) is 0 Å². The second-order valence-electron chi connectivity index (χ2n) is 4.21. The third kappa shape index (κ3) is 3.90. The zero-order chi connectivity index (χ0) is 14.0. The lowest BCUT2D eigenvalue weighted by molar-refractivity contribution is 0.593. The number of rotatable bonds is 3. The molecule has 2 aromatic carbocycles. The molecule has 1 atom stereocenters. The Kier molecular flexibility index (Phi) is 5.22. The highest BCUT2D eigenvalue weighted by Crippen LogP contribution is 2.27. The van der Waals surface area contributed by atoms with E-state index >= 15 is 0 Å². The van der Waals surface area contributed by atoms with E-state index in [9.17, 15) is 4.39 Å². The average molecular weight is 455 g/mol. The van der Waals surface area contributed by atoms with Crippen molar-refractivity contribution >= 4 is 50.1 Å². The van der Waals surface area contributed by atoms with E-state index in [0.29, 0.717) is 17.0 Å². The molecule has 0 aliphatic rings. The molecule has 1 unspecified atom stereocenters. The van der Waals surface area contributed by atoms with Crippen molar-refractivity contribution in [2.24, 2.45) is 5.73 Å². The maximum Gasteiger partial charge on any atom is 0.126 e. The highest BCUT2D eigenvalue weighted by molar-refractivity contribution is 14.1. The molecule has 0 spiro atoms. The van der Waals surface area contributed by atoms with E-state index in [1.807, 2.05) is 18.2 Å². The van der Waals surface area contributed by atoms with Crippen molar-refractivity contribution in [3.05, 3.63) is 66.4 Å². The molecule has 0 aliphatic carbocycles. The molecule has 5 heteroatoms. The summed E-state index contributed by atoms with van der Waals surface area (Å²) < 4.78 is 15.7. The van der Waals surface area contributed by atoms with E-state index < -0.39 is 0 Å². The monoisotopic (exact) mass is 453 g/mol. The number of halogens is 4. The van der Waals surface area contributed by atoms with Gasteiger partial charge in [-0.05, 0) is 76.5 Å². The minimum Gasteiger partial charge on any atom is -0.324 e. The summed E-state index contributed by atoms with van der Waals surface area (Å²) >= 11 is 11.6. The number of nitrogens with two attached hydrogens (primary N) is 1. The van der Waals surface area contributed by atoms with Gasteiger partial charge in [-0.1, -0.05) is 27.5 Å². The minimum atomic E-state index is -0.281. The summed E-state index contributed by atoms with van der Waals surface area (Å²) in [5.74, 6) is -0.276. The molecule has 0 fully saturated rings. The molecular formula is C14H11BrClFIN. The van der Waals surface area contributed by atoms with Crippen molar-refractivity contribution in [3.63, 3.8) is 0 Å². The van der Waals surface area contributed by atoms with Gasteiger partial charge in [0.1, 0.15) is 5.82 Å². The van der Waals surface area contributed by atoms with Crippen molar-refractivity contribution < 1.29 is 4.39 Å². The van der Waals surface area contributed by atoms with Gasteiger partial charge in [0.2, 0.25) is 0 Å². The lowest BCUT2D eigenvalue weighted by Crippen LogP contribution is -2.15. The summed E-state index contributed by atoms with van der Waals surface area (Å²) in [5.41, 5.74) is 7.67. The molecule has 0 radical (unpaired) electrons. The lowest BCUT2D eigenvalue weighted by atomic mass is 9.99. The zero-order valence-electron chi connectivity index (χ0n) is 9.84. The van der Waals surface area contributed by atoms with Crippen LogP contribution in [0.5, 0.6) is 0 Å². The molecule has 100 valence electrons. The summed E-state index contributed by atoms with van der Waals surface area (Å²) in [5, 5.41) is 0.519. The van der Waals surface area contributed by atoms with Crippen LogP contribution in [0.4, 0.5) is 4.39 Å². The van der Waals surface area contributed by atoms with Crippen LogP contribution in [0.1, 0.15) is 17.2 Å². The van der Waals surface area contributed by atoms with E-state index in [0.717, 1.165) is 13.6 Å². The Labute approximate surface area is 138 Å². The minimum absolute atomic E-state index is 0.276. The van der Waals surface area contributed by atoms with Crippen molar-refractivity contribution in [2.45, 2.75) is 12.5 Å². The summed E-state index contributed by atoms with van der Waals surface area (Å²) in [7, 11) is 0. The topological polar surface area (TPSA) is 26.0 Å². The van der Waals surface area contributed by atoms with E-state index in [1.54, 1.807) is 6.07 Å². The summed E-state index contributed by atoms with van der Waals surface area (Å²) in [6.45, 7) is 0. The van der Waals surface area contributed by atoms with Gasteiger partial charge in [-0.2, -0.15) is 0 Å². The second kappa shape index (κ2) is 6.52. The second-order valence-corrected chi connectivity index (χ2v) is 6.75. The van der Waals surface area contributed by atoms with Gasteiger partial charge in [-0.25, -0.2) is 4.39 Å². The Bertz CT molecular complexity index is 606. The molecule has 0 saturated carbocycles. The Morgan fingerprint density at radius 2 is 2.00 bits per heavy atom. The van der Waals surface area contributed by atoms with Crippen LogP contribution in [0.25, 0.3) is 0 Å². The third-order valence-corrected chi connectivity index (χ3v) is 4.43. The first kappa shape index (κ1) is 15.2. The van der Waals surface area contributed by atoms with Gasteiger partial charge in [-0.3, -0.25) is 0 Å². The summed E-state index contributed by atoms with van der Waals surface area (Å²) in [6.07, 6.45) is 0.408. The number of hydrogen-bond acceptors (Lipinski definition) is 1. The van der Waals surface area contributed by atoms with Crippen LogP contribution >= 0.6 is 50.1 Å². The van der Waals surface area contributed by atoms with Gasteiger partial charge < -0.3 is 5.73 Å². The molecule has 19 heavy (non-hydrogen) atoms. The SMILES string of the molecule is NC(Cc1cc(Cl)ccc1F)c1cc(I)ccc1Br. The van der Waals surface area contributed by atoms with Crippen molar-refractivity contribution in [2.75, 3.05) is 0 Å². The molecular weight excluding hydrogens is 443 g/mol. The van der Waals surface area contributed by atoms with Crippen LogP contribution in [0.2, 0.25) is 5.02 Å². The van der Waals surface area contributed by atoms with Crippen LogP contribution in [0.15, 0.2) is 40.9 Å². The largest absolute Gasteiger partial charge is 0.324 e. The van der Waals surface area contributed by atoms with E-state index in [4.69, 9.17) is 17.3 Å². The van der Waals surface area contributed by atoms with Gasteiger partial charge in [0.25, 0.3) is 0 Å². The normalized spacial score (nSPS) is 12.5. The first-order valence-electron chi connectivity index (χ1n) is 5.62. The quantitative estimate of drug-likeness (QED) is 0.643. The predicted molar refractivity (Wildman–Crippen MR) is 88.9 cm³/mol. The van der Waals surface area contributed by atoms with Gasteiger partial charge in [-0.15, -0.1) is 0 Å². The highest BCUT2D eigenvalue weighted by atomic mass is 127. The molecule has 0 saturated heterocycles. The van der Waals surface area contributed by atoms with Crippen molar-refractivity contribution in [3.8, 4) is 0 Å². The Balaban J connectivity index is 2.27. The van der Waals surface area contributed by atoms with E-state index in [1.165, 1.54) is 12.1 Å².